The molecule has 0 aliphatic heterocycles. The predicted octanol–water partition coefficient (Wildman–Crippen LogP) is 6.39. The molecule has 0 unspecified atom stereocenters. The summed E-state index contributed by atoms with van der Waals surface area (Å²) in [5, 5.41) is 21.3. The van der Waals surface area contributed by atoms with Gasteiger partial charge in [0.2, 0.25) is 5.91 Å². The van der Waals surface area contributed by atoms with Crippen LogP contribution in [0.15, 0.2) is 65.3 Å². The fourth-order valence-electron chi connectivity index (χ4n) is 4.63. The van der Waals surface area contributed by atoms with Crippen LogP contribution in [0, 0.1) is 5.92 Å². The largest absolute Gasteiger partial charge is 0.507 e. The van der Waals surface area contributed by atoms with Gasteiger partial charge in [-0.25, -0.2) is 4.98 Å². The average molecular weight is 534 g/mol. The number of carbonyl (C=O) groups is 1. The van der Waals surface area contributed by atoms with Crippen molar-refractivity contribution in [3.8, 4) is 17.0 Å². The maximum atomic E-state index is 12.8. The van der Waals surface area contributed by atoms with Crippen molar-refractivity contribution in [3.05, 3.63) is 70.8 Å². The van der Waals surface area contributed by atoms with E-state index in [0.29, 0.717) is 23.4 Å². The molecule has 0 saturated heterocycles. The van der Waals surface area contributed by atoms with Crippen LogP contribution < -0.4 is 10.6 Å². The van der Waals surface area contributed by atoms with Crippen LogP contribution in [-0.4, -0.2) is 25.6 Å². The highest BCUT2D eigenvalue weighted by Gasteiger charge is 2.20. The van der Waals surface area contributed by atoms with E-state index in [2.05, 4.69) is 36.6 Å². The van der Waals surface area contributed by atoms with E-state index in [1.807, 2.05) is 42.5 Å². The summed E-state index contributed by atoms with van der Waals surface area (Å²) < 4.78 is 2.49. The lowest BCUT2D eigenvalue weighted by Crippen LogP contribution is -2.22. The molecule has 0 atom stereocenters. The molecule has 35 heavy (non-hydrogen) atoms. The quantitative estimate of drug-likeness (QED) is 0.250. The standard InChI is InChI=1S/C27H28BrN5O2/c28-22-17-30-33-25(15-23(32-26(22)33)21-12-5-6-13-24(21)34)29-16-18-8-7-11-20(14-18)31-27(35)19-9-3-1-2-4-10-19/h5-8,11-15,17,19,29,34H,1-4,9-10,16H2,(H,31,35). The lowest BCUT2D eigenvalue weighted by molar-refractivity contribution is -0.120. The van der Waals surface area contributed by atoms with E-state index in [9.17, 15) is 9.90 Å². The summed E-state index contributed by atoms with van der Waals surface area (Å²) >= 11 is 3.52. The summed E-state index contributed by atoms with van der Waals surface area (Å²) in [6.07, 6.45) is 8.38. The number of aromatic hydroxyl groups is 1. The Labute approximate surface area is 212 Å². The van der Waals surface area contributed by atoms with Crippen LogP contribution in [0.4, 0.5) is 11.5 Å². The number of nitrogens with zero attached hydrogens (tertiary/aromatic N) is 3. The number of hydrogen-bond acceptors (Lipinski definition) is 5. The second kappa shape index (κ2) is 10.5. The lowest BCUT2D eigenvalue weighted by atomic mass is 9.99. The molecule has 180 valence electrons. The Balaban J connectivity index is 1.35. The summed E-state index contributed by atoms with van der Waals surface area (Å²) in [4.78, 5) is 17.5. The maximum absolute atomic E-state index is 12.8. The molecule has 1 saturated carbocycles. The minimum atomic E-state index is 0.107. The fourth-order valence-corrected chi connectivity index (χ4v) is 4.98. The van der Waals surface area contributed by atoms with Gasteiger partial charge in [0, 0.05) is 29.8 Å². The number of fused-ring (bicyclic) bond motifs is 1. The first-order valence-corrected chi connectivity index (χ1v) is 12.8. The molecule has 1 amide bonds. The maximum Gasteiger partial charge on any atom is 0.227 e. The molecular formula is C27H28BrN5O2. The van der Waals surface area contributed by atoms with Crippen LogP contribution in [0.3, 0.4) is 0 Å². The number of anilines is 2. The number of halogens is 1. The van der Waals surface area contributed by atoms with Gasteiger partial charge in [0.1, 0.15) is 11.6 Å². The van der Waals surface area contributed by atoms with E-state index < -0.39 is 0 Å². The van der Waals surface area contributed by atoms with Crippen molar-refractivity contribution in [1.29, 1.82) is 0 Å². The monoisotopic (exact) mass is 533 g/mol. The van der Waals surface area contributed by atoms with Gasteiger partial charge < -0.3 is 15.7 Å². The van der Waals surface area contributed by atoms with Crippen molar-refractivity contribution >= 4 is 39.0 Å². The number of phenolic OH excluding ortho intramolecular Hbond substituents is 1. The minimum absolute atomic E-state index is 0.107. The Hall–Kier alpha value is -3.39. The summed E-state index contributed by atoms with van der Waals surface area (Å²) in [6, 6.07) is 16.9. The number of nitrogens with one attached hydrogen (secondary N) is 2. The molecule has 7 nitrogen and oxygen atoms in total. The normalized spacial score (nSPS) is 14.5. The van der Waals surface area contributed by atoms with Gasteiger partial charge in [-0.2, -0.15) is 9.61 Å². The van der Waals surface area contributed by atoms with Crippen molar-refractivity contribution in [2.75, 3.05) is 10.6 Å². The zero-order valence-corrected chi connectivity index (χ0v) is 21.0. The number of phenols is 1. The third-order valence-corrected chi connectivity index (χ3v) is 7.06. The van der Waals surface area contributed by atoms with Gasteiger partial charge >= 0.3 is 0 Å². The third kappa shape index (κ3) is 5.32. The smallest absolute Gasteiger partial charge is 0.227 e. The summed E-state index contributed by atoms with van der Waals surface area (Å²) in [7, 11) is 0. The van der Waals surface area contributed by atoms with E-state index in [1.54, 1.807) is 22.8 Å². The molecular weight excluding hydrogens is 506 g/mol. The number of hydrogen-bond donors (Lipinski definition) is 3. The molecule has 2 aromatic heterocycles. The van der Waals surface area contributed by atoms with Gasteiger partial charge in [-0.15, -0.1) is 0 Å². The Bertz CT molecular complexity index is 1340. The summed E-state index contributed by atoms with van der Waals surface area (Å²) in [5.41, 5.74) is 3.79. The zero-order valence-electron chi connectivity index (χ0n) is 19.4. The molecule has 5 rings (SSSR count). The molecule has 0 spiro atoms. The van der Waals surface area contributed by atoms with E-state index in [-0.39, 0.29) is 17.6 Å². The van der Waals surface area contributed by atoms with Gasteiger partial charge in [0.15, 0.2) is 5.65 Å². The Morgan fingerprint density at radius 1 is 1.06 bits per heavy atom. The lowest BCUT2D eigenvalue weighted by Gasteiger charge is -2.15. The molecule has 3 N–H and O–H groups in total. The van der Waals surface area contributed by atoms with Gasteiger partial charge in [0.25, 0.3) is 0 Å². The predicted molar refractivity (Wildman–Crippen MR) is 141 cm³/mol. The third-order valence-electron chi connectivity index (χ3n) is 6.50. The number of benzene rings is 2. The minimum Gasteiger partial charge on any atom is -0.507 e. The van der Waals surface area contributed by atoms with Gasteiger partial charge in [-0.3, -0.25) is 4.79 Å². The highest BCUT2D eigenvalue weighted by molar-refractivity contribution is 9.10. The summed E-state index contributed by atoms with van der Waals surface area (Å²) in [6.45, 7) is 0.532. The van der Waals surface area contributed by atoms with Gasteiger partial charge in [-0.05, 0) is 58.6 Å². The zero-order chi connectivity index (χ0) is 24.2. The number of aromatic nitrogens is 3. The number of carbonyl (C=O) groups excluding carboxylic acids is 1. The molecule has 8 heteroatoms. The molecule has 2 heterocycles. The molecule has 0 bridgehead atoms. The molecule has 1 aliphatic rings. The summed E-state index contributed by atoms with van der Waals surface area (Å²) in [5.74, 6) is 1.15. The fraction of sp³-hybridized carbons (Fsp3) is 0.296. The van der Waals surface area contributed by atoms with Crippen LogP contribution in [-0.2, 0) is 11.3 Å². The van der Waals surface area contributed by atoms with Crippen molar-refractivity contribution in [2.45, 2.75) is 45.1 Å². The van der Waals surface area contributed by atoms with E-state index in [0.717, 1.165) is 47.2 Å². The number of amides is 1. The molecule has 1 aliphatic carbocycles. The van der Waals surface area contributed by atoms with Crippen LogP contribution >= 0.6 is 15.9 Å². The number of rotatable bonds is 6. The van der Waals surface area contributed by atoms with Crippen molar-refractivity contribution in [3.63, 3.8) is 0 Å². The Morgan fingerprint density at radius 2 is 1.86 bits per heavy atom. The average Bonchev–Trinajstić information content (AvgIpc) is 3.06. The second-order valence-corrected chi connectivity index (χ2v) is 9.86. The number of para-hydroxylation sites is 1. The van der Waals surface area contributed by atoms with Gasteiger partial charge in [-0.1, -0.05) is 49.9 Å². The first-order chi connectivity index (χ1) is 17.1. The van der Waals surface area contributed by atoms with Gasteiger partial charge in [0.05, 0.1) is 16.4 Å². The topological polar surface area (TPSA) is 91.5 Å². The van der Waals surface area contributed by atoms with Crippen molar-refractivity contribution in [2.24, 2.45) is 5.92 Å². The first kappa shape index (κ1) is 23.4. The Morgan fingerprint density at radius 3 is 2.66 bits per heavy atom. The SMILES string of the molecule is O=C(Nc1cccc(CNc2cc(-c3ccccc3O)nc3c(Br)cnn23)c1)C1CCCCCC1. The highest BCUT2D eigenvalue weighted by Crippen LogP contribution is 2.31. The van der Waals surface area contributed by atoms with Crippen LogP contribution in [0.2, 0.25) is 0 Å². The Kier molecular flexibility index (Phi) is 6.99. The van der Waals surface area contributed by atoms with Crippen molar-refractivity contribution in [1.82, 2.24) is 14.6 Å². The molecule has 4 aromatic rings. The van der Waals surface area contributed by atoms with E-state index >= 15 is 0 Å². The van der Waals surface area contributed by atoms with Crippen LogP contribution in [0.25, 0.3) is 16.9 Å². The van der Waals surface area contributed by atoms with Crippen molar-refractivity contribution < 1.29 is 9.90 Å². The molecule has 2 aromatic carbocycles. The molecule has 0 radical (unpaired) electrons. The van der Waals surface area contributed by atoms with E-state index in [4.69, 9.17) is 0 Å². The molecule has 1 fully saturated rings. The van der Waals surface area contributed by atoms with Crippen LogP contribution in [0.5, 0.6) is 5.75 Å². The first-order valence-electron chi connectivity index (χ1n) is 12.0. The van der Waals surface area contributed by atoms with E-state index in [1.165, 1.54) is 12.8 Å². The highest BCUT2D eigenvalue weighted by atomic mass is 79.9. The van der Waals surface area contributed by atoms with Crippen LogP contribution in [0.1, 0.15) is 44.1 Å². The second-order valence-electron chi connectivity index (χ2n) is 9.00.